The molecule has 22 heavy (non-hydrogen) atoms. The average Bonchev–Trinajstić information content (AvgIpc) is 2.51. The number of nitrogens with one attached hydrogen (secondary N) is 1. The minimum Gasteiger partial charge on any atom is -0.315 e. The molecule has 0 aliphatic rings. The summed E-state index contributed by atoms with van der Waals surface area (Å²) >= 11 is 23.5. The van der Waals surface area contributed by atoms with E-state index in [1.165, 1.54) is 12.1 Å². The van der Waals surface area contributed by atoms with Gasteiger partial charge < -0.3 is 5.32 Å². The van der Waals surface area contributed by atoms with Crippen molar-refractivity contribution in [3.8, 4) is 0 Å². The third-order valence-electron chi connectivity index (χ3n) is 2.70. The molecular weight excluding hydrogens is 374 g/mol. The molecule has 0 atom stereocenters. The fraction of sp³-hybridized carbons (Fsp3) is 0. The second-order valence-corrected chi connectivity index (χ2v) is 5.57. The maximum Gasteiger partial charge on any atom is 0.314 e. The number of rotatable bonds is 3. The highest BCUT2D eigenvalue weighted by Crippen LogP contribution is 2.48. The molecule has 0 aliphatic heterocycles. The van der Waals surface area contributed by atoms with E-state index in [1.807, 2.05) is 0 Å². The molecule has 9 heteroatoms. The lowest BCUT2D eigenvalue weighted by Gasteiger charge is -2.12. The number of nitro benzene ring substituents is 1. The number of halogens is 4. The average molecular weight is 380 g/mol. The second kappa shape index (κ2) is 6.71. The normalized spacial score (nSPS) is 10.4. The lowest BCUT2D eigenvalue weighted by Crippen LogP contribution is -2.14. The van der Waals surface area contributed by atoms with E-state index in [0.29, 0.717) is 0 Å². The summed E-state index contributed by atoms with van der Waals surface area (Å²) in [5.74, 6) is -0.597. The van der Waals surface area contributed by atoms with Crippen LogP contribution in [0.2, 0.25) is 20.1 Å². The van der Waals surface area contributed by atoms with Crippen LogP contribution in [0.25, 0.3) is 0 Å². The van der Waals surface area contributed by atoms with Crippen LogP contribution in [0.4, 0.5) is 11.4 Å². The van der Waals surface area contributed by atoms with E-state index in [1.54, 1.807) is 18.2 Å². The third kappa shape index (κ3) is 3.13. The molecule has 1 N–H and O–H groups in total. The molecule has 0 aromatic heterocycles. The summed E-state index contributed by atoms with van der Waals surface area (Å²) in [5, 5.41) is 12.4. The standard InChI is InChI=1S/C13H6Cl4N2O3/c14-7-8(15)10(17)12(19(21)22)11(9(7)16)18-13(20)6-4-2-1-3-5-6/h1-5H,(H,18,20). The maximum atomic E-state index is 12.1. The van der Waals surface area contributed by atoms with Gasteiger partial charge in [0.15, 0.2) is 0 Å². The van der Waals surface area contributed by atoms with Gasteiger partial charge in [0.2, 0.25) is 0 Å². The lowest BCUT2D eigenvalue weighted by atomic mass is 10.2. The van der Waals surface area contributed by atoms with Gasteiger partial charge in [-0.1, -0.05) is 64.6 Å². The summed E-state index contributed by atoms with van der Waals surface area (Å²) in [4.78, 5) is 22.5. The molecule has 1 amide bonds. The molecule has 0 radical (unpaired) electrons. The molecule has 0 fully saturated rings. The Kier molecular flexibility index (Phi) is 5.13. The number of nitro groups is 1. The highest BCUT2D eigenvalue weighted by atomic mass is 35.5. The van der Waals surface area contributed by atoms with E-state index in [9.17, 15) is 14.9 Å². The van der Waals surface area contributed by atoms with Crippen molar-refractivity contribution in [2.24, 2.45) is 0 Å². The van der Waals surface area contributed by atoms with E-state index in [2.05, 4.69) is 5.32 Å². The Hall–Kier alpha value is -1.53. The van der Waals surface area contributed by atoms with Crippen molar-refractivity contribution < 1.29 is 9.72 Å². The van der Waals surface area contributed by atoms with Crippen LogP contribution in [-0.4, -0.2) is 10.8 Å². The Morgan fingerprint density at radius 2 is 1.50 bits per heavy atom. The Balaban J connectivity index is 2.55. The predicted molar refractivity (Wildman–Crippen MR) is 87.5 cm³/mol. The van der Waals surface area contributed by atoms with Gasteiger partial charge in [-0.2, -0.15) is 0 Å². The Labute approximate surface area is 144 Å². The molecule has 2 aromatic carbocycles. The Bertz CT molecular complexity index is 766. The fourth-order valence-electron chi connectivity index (χ4n) is 1.68. The molecule has 0 heterocycles. The number of carbonyl (C=O) groups excluding carboxylic acids is 1. The van der Waals surface area contributed by atoms with Gasteiger partial charge in [0.05, 0.1) is 20.0 Å². The van der Waals surface area contributed by atoms with Gasteiger partial charge in [-0.3, -0.25) is 14.9 Å². The van der Waals surface area contributed by atoms with Gasteiger partial charge in [-0.15, -0.1) is 0 Å². The van der Waals surface area contributed by atoms with Crippen LogP contribution in [-0.2, 0) is 0 Å². The summed E-state index contributed by atoms with van der Waals surface area (Å²) in [7, 11) is 0. The first kappa shape index (κ1) is 16.8. The number of carbonyl (C=O) groups is 1. The summed E-state index contributed by atoms with van der Waals surface area (Å²) in [6, 6.07) is 8.09. The van der Waals surface area contributed by atoms with Crippen molar-refractivity contribution in [3.63, 3.8) is 0 Å². The van der Waals surface area contributed by atoms with Crippen molar-refractivity contribution in [1.29, 1.82) is 0 Å². The van der Waals surface area contributed by atoms with Crippen molar-refractivity contribution in [2.75, 3.05) is 5.32 Å². The van der Waals surface area contributed by atoms with E-state index < -0.39 is 21.5 Å². The summed E-state index contributed by atoms with van der Waals surface area (Å²) in [6.07, 6.45) is 0. The first-order valence-electron chi connectivity index (χ1n) is 5.71. The second-order valence-electron chi connectivity index (χ2n) is 4.06. The topological polar surface area (TPSA) is 72.2 Å². The zero-order valence-electron chi connectivity index (χ0n) is 10.6. The largest absolute Gasteiger partial charge is 0.315 e. The van der Waals surface area contributed by atoms with Gasteiger partial charge in [-0.05, 0) is 12.1 Å². The molecule has 0 saturated heterocycles. The molecule has 2 aromatic rings. The highest BCUT2D eigenvalue weighted by molar-refractivity contribution is 6.54. The van der Waals surface area contributed by atoms with Crippen LogP contribution in [0.5, 0.6) is 0 Å². The molecule has 0 saturated carbocycles. The first-order valence-corrected chi connectivity index (χ1v) is 7.22. The zero-order valence-corrected chi connectivity index (χ0v) is 13.6. The number of benzene rings is 2. The Morgan fingerprint density at radius 1 is 0.955 bits per heavy atom. The number of hydrogen-bond acceptors (Lipinski definition) is 3. The highest BCUT2D eigenvalue weighted by Gasteiger charge is 2.29. The van der Waals surface area contributed by atoms with Crippen LogP contribution in [0.3, 0.4) is 0 Å². The summed E-state index contributed by atoms with van der Waals surface area (Å²) in [5.41, 5.74) is -0.639. The SMILES string of the molecule is O=C(Nc1c(Cl)c(Cl)c(Cl)c(Cl)c1[N+](=O)[O-])c1ccccc1. The van der Waals surface area contributed by atoms with E-state index in [-0.39, 0.29) is 26.3 Å². The third-order valence-corrected chi connectivity index (χ3v) is 4.49. The van der Waals surface area contributed by atoms with E-state index >= 15 is 0 Å². The van der Waals surface area contributed by atoms with Crippen LogP contribution >= 0.6 is 46.4 Å². The van der Waals surface area contributed by atoms with Crippen LogP contribution in [0.15, 0.2) is 30.3 Å². The van der Waals surface area contributed by atoms with Crippen molar-refractivity contribution in [1.82, 2.24) is 0 Å². The van der Waals surface area contributed by atoms with Gasteiger partial charge in [-0.25, -0.2) is 0 Å². The minimum atomic E-state index is -0.795. The van der Waals surface area contributed by atoms with Crippen molar-refractivity contribution in [3.05, 3.63) is 66.1 Å². The lowest BCUT2D eigenvalue weighted by molar-refractivity contribution is -0.383. The van der Waals surface area contributed by atoms with Crippen LogP contribution in [0.1, 0.15) is 10.4 Å². The molecule has 0 unspecified atom stereocenters. The molecular formula is C13H6Cl4N2O3. The van der Waals surface area contributed by atoms with E-state index in [4.69, 9.17) is 46.4 Å². The summed E-state index contributed by atoms with van der Waals surface area (Å²) < 4.78 is 0. The fourth-order valence-corrected chi connectivity index (χ4v) is 2.64. The molecule has 0 bridgehead atoms. The monoisotopic (exact) mass is 378 g/mol. The maximum absolute atomic E-state index is 12.1. The summed E-state index contributed by atoms with van der Waals surface area (Å²) in [6.45, 7) is 0. The van der Waals surface area contributed by atoms with Crippen LogP contribution < -0.4 is 5.32 Å². The minimum absolute atomic E-state index is 0.178. The number of nitrogens with zero attached hydrogens (tertiary/aromatic N) is 1. The molecule has 5 nitrogen and oxygen atoms in total. The smallest absolute Gasteiger partial charge is 0.314 e. The van der Waals surface area contributed by atoms with Crippen molar-refractivity contribution in [2.45, 2.75) is 0 Å². The molecule has 0 spiro atoms. The molecule has 0 aliphatic carbocycles. The number of hydrogen-bond donors (Lipinski definition) is 1. The zero-order chi connectivity index (χ0) is 16.4. The van der Waals surface area contributed by atoms with Gasteiger partial charge >= 0.3 is 5.69 Å². The number of amides is 1. The van der Waals surface area contributed by atoms with Crippen molar-refractivity contribution >= 4 is 63.7 Å². The van der Waals surface area contributed by atoms with Gasteiger partial charge in [0.1, 0.15) is 10.7 Å². The Morgan fingerprint density at radius 3 is 2.05 bits per heavy atom. The quantitative estimate of drug-likeness (QED) is 0.333. The van der Waals surface area contributed by atoms with Gasteiger partial charge in [0.25, 0.3) is 5.91 Å². The molecule has 114 valence electrons. The van der Waals surface area contributed by atoms with Crippen LogP contribution in [0, 0.1) is 10.1 Å². The first-order chi connectivity index (χ1) is 10.3. The van der Waals surface area contributed by atoms with E-state index in [0.717, 1.165) is 0 Å². The predicted octanol–water partition coefficient (Wildman–Crippen LogP) is 5.46. The van der Waals surface area contributed by atoms with Gasteiger partial charge in [0, 0.05) is 5.56 Å². The number of anilines is 1. The molecule has 2 rings (SSSR count).